The van der Waals surface area contributed by atoms with Gasteiger partial charge in [-0.15, -0.1) is 0 Å². The fourth-order valence-electron chi connectivity index (χ4n) is 2.34. The molecule has 6 heteroatoms. The van der Waals surface area contributed by atoms with E-state index in [2.05, 4.69) is 26.6 Å². The molecular weight excluding hydrogens is 358 g/mol. The highest BCUT2D eigenvalue weighted by atomic mass is 79.9. The summed E-state index contributed by atoms with van der Waals surface area (Å²) in [5.74, 6) is -0.363. The molecule has 0 spiro atoms. The Labute approximate surface area is 144 Å². The molecule has 1 unspecified atom stereocenters. The van der Waals surface area contributed by atoms with Gasteiger partial charge in [0, 0.05) is 30.4 Å². The number of benzene rings is 1. The van der Waals surface area contributed by atoms with Gasteiger partial charge in [-0.2, -0.15) is 5.26 Å². The van der Waals surface area contributed by atoms with Gasteiger partial charge in [0.15, 0.2) is 0 Å². The van der Waals surface area contributed by atoms with Gasteiger partial charge in [-0.1, -0.05) is 28.1 Å². The Kier molecular flexibility index (Phi) is 7.11. The molecule has 1 aliphatic rings. The predicted octanol–water partition coefficient (Wildman–Crippen LogP) is 2.28. The third-order valence-electron chi connectivity index (χ3n) is 3.57. The van der Waals surface area contributed by atoms with Crippen LogP contribution in [0.5, 0.6) is 0 Å². The molecule has 0 aliphatic carbocycles. The van der Waals surface area contributed by atoms with Crippen LogP contribution in [-0.2, 0) is 16.0 Å². The minimum atomic E-state index is -0.363. The highest BCUT2D eigenvalue weighted by Gasteiger charge is 2.17. The molecule has 23 heavy (non-hydrogen) atoms. The topological polar surface area (TPSA) is 74.2 Å². The molecule has 122 valence electrons. The van der Waals surface area contributed by atoms with E-state index in [0.29, 0.717) is 13.1 Å². The zero-order valence-corrected chi connectivity index (χ0v) is 14.4. The van der Waals surface area contributed by atoms with E-state index in [1.165, 1.54) is 11.8 Å². The molecule has 0 bridgehead atoms. The Bertz CT molecular complexity index is 604. The first-order chi connectivity index (χ1) is 11.2. The second-order valence-corrected chi connectivity index (χ2v) is 6.26. The summed E-state index contributed by atoms with van der Waals surface area (Å²) in [7, 11) is 0. The van der Waals surface area contributed by atoms with Gasteiger partial charge in [0.1, 0.15) is 11.6 Å². The van der Waals surface area contributed by atoms with Gasteiger partial charge in [-0.05, 0) is 37.0 Å². The van der Waals surface area contributed by atoms with Crippen LogP contribution in [0.25, 0.3) is 0 Å². The van der Waals surface area contributed by atoms with E-state index in [4.69, 9.17) is 10.00 Å². The standard InChI is InChI=1S/C17H20BrN3O2/c18-15-4-1-3-13(9-15)6-7-20-11-14(10-19)17(22)21-12-16-5-2-8-23-16/h1,3-4,9,11,16,20H,2,5-8,12H2,(H,21,22)/b14-11-. The van der Waals surface area contributed by atoms with Gasteiger partial charge in [-0.25, -0.2) is 0 Å². The average molecular weight is 378 g/mol. The summed E-state index contributed by atoms with van der Waals surface area (Å²) in [6.07, 6.45) is 4.34. The van der Waals surface area contributed by atoms with E-state index in [-0.39, 0.29) is 17.6 Å². The van der Waals surface area contributed by atoms with E-state index >= 15 is 0 Å². The highest BCUT2D eigenvalue weighted by Crippen LogP contribution is 2.12. The lowest BCUT2D eigenvalue weighted by atomic mass is 10.1. The number of nitrogens with one attached hydrogen (secondary N) is 2. The summed E-state index contributed by atoms with van der Waals surface area (Å²) in [6.45, 7) is 1.86. The molecule has 0 saturated carbocycles. The summed E-state index contributed by atoms with van der Waals surface area (Å²) in [5, 5.41) is 14.8. The smallest absolute Gasteiger partial charge is 0.263 e. The SMILES string of the molecule is N#C/C(=C/NCCc1cccc(Br)c1)C(=O)NCC1CCCO1. The number of carbonyl (C=O) groups is 1. The van der Waals surface area contributed by atoms with E-state index in [1.807, 2.05) is 30.3 Å². The first-order valence-corrected chi connectivity index (χ1v) is 8.46. The molecule has 0 aromatic heterocycles. The number of carbonyl (C=O) groups excluding carboxylic acids is 1. The van der Waals surface area contributed by atoms with Gasteiger partial charge < -0.3 is 15.4 Å². The van der Waals surface area contributed by atoms with Crippen LogP contribution in [0.1, 0.15) is 18.4 Å². The minimum Gasteiger partial charge on any atom is -0.389 e. The molecule has 2 N–H and O–H groups in total. The van der Waals surface area contributed by atoms with Crippen molar-refractivity contribution in [2.24, 2.45) is 0 Å². The number of rotatable bonds is 7. The van der Waals surface area contributed by atoms with Crippen LogP contribution in [0, 0.1) is 11.3 Å². The third-order valence-corrected chi connectivity index (χ3v) is 4.07. The van der Waals surface area contributed by atoms with Crippen molar-refractivity contribution >= 4 is 21.8 Å². The number of nitriles is 1. The van der Waals surface area contributed by atoms with Crippen LogP contribution in [0.4, 0.5) is 0 Å². The molecular formula is C17H20BrN3O2. The van der Waals surface area contributed by atoms with E-state index < -0.39 is 0 Å². The normalized spacial score (nSPS) is 17.6. The molecule has 1 saturated heterocycles. The fourth-order valence-corrected chi connectivity index (χ4v) is 2.79. The van der Waals surface area contributed by atoms with Crippen LogP contribution in [0.3, 0.4) is 0 Å². The minimum absolute atomic E-state index is 0.0726. The number of nitrogens with zero attached hydrogens (tertiary/aromatic N) is 1. The van der Waals surface area contributed by atoms with E-state index in [0.717, 1.165) is 30.3 Å². The molecule has 1 aromatic rings. The Hall–Kier alpha value is -1.84. The second-order valence-electron chi connectivity index (χ2n) is 5.35. The Balaban J connectivity index is 1.74. The van der Waals surface area contributed by atoms with Crippen molar-refractivity contribution in [3.05, 3.63) is 46.1 Å². The first-order valence-electron chi connectivity index (χ1n) is 7.67. The Morgan fingerprint density at radius 2 is 2.39 bits per heavy atom. The summed E-state index contributed by atoms with van der Waals surface area (Å²) in [6, 6.07) is 9.96. The van der Waals surface area contributed by atoms with E-state index in [9.17, 15) is 4.79 Å². The molecule has 1 fully saturated rings. The van der Waals surface area contributed by atoms with Crippen LogP contribution < -0.4 is 10.6 Å². The molecule has 1 heterocycles. The molecule has 2 rings (SSSR count). The zero-order chi connectivity index (χ0) is 16.5. The van der Waals surface area contributed by atoms with Crippen molar-refractivity contribution in [3.8, 4) is 6.07 Å². The summed E-state index contributed by atoms with van der Waals surface area (Å²) in [5.41, 5.74) is 1.26. The summed E-state index contributed by atoms with van der Waals surface area (Å²) < 4.78 is 6.48. The number of hydrogen-bond donors (Lipinski definition) is 2. The zero-order valence-electron chi connectivity index (χ0n) is 12.8. The largest absolute Gasteiger partial charge is 0.389 e. The van der Waals surface area contributed by atoms with E-state index in [1.54, 1.807) is 0 Å². The van der Waals surface area contributed by atoms with Crippen molar-refractivity contribution in [2.75, 3.05) is 19.7 Å². The maximum atomic E-state index is 11.9. The van der Waals surface area contributed by atoms with Crippen LogP contribution >= 0.6 is 15.9 Å². The summed E-state index contributed by atoms with van der Waals surface area (Å²) >= 11 is 3.43. The molecule has 1 aliphatic heterocycles. The van der Waals surface area contributed by atoms with Crippen LogP contribution in [0.2, 0.25) is 0 Å². The molecule has 0 radical (unpaired) electrons. The maximum Gasteiger partial charge on any atom is 0.263 e. The van der Waals surface area contributed by atoms with Crippen molar-refractivity contribution in [2.45, 2.75) is 25.4 Å². The van der Waals surface area contributed by atoms with Crippen LogP contribution in [0.15, 0.2) is 40.5 Å². The summed E-state index contributed by atoms with van der Waals surface area (Å²) in [4.78, 5) is 11.9. The van der Waals surface area contributed by atoms with Crippen molar-refractivity contribution in [1.82, 2.24) is 10.6 Å². The van der Waals surface area contributed by atoms with Gasteiger partial charge in [0.05, 0.1) is 6.10 Å². The second kappa shape index (κ2) is 9.33. The molecule has 1 atom stereocenters. The predicted molar refractivity (Wildman–Crippen MR) is 91.5 cm³/mol. The number of hydrogen-bond acceptors (Lipinski definition) is 4. The number of halogens is 1. The van der Waals surface area contributed by atoms with Crippen molar-refractivity contribution < 1.29 is 9.53 Å². The van der Waals surface area contributed by atoms with Gasteiger partial charge >= 0.3 is 0 Å². The Morgan fingerprint density at radius 1 is 1.52 bits per heavy atom. The Morgan fingerprint density at radius 3 is 3.09 bits per heavy atom. The molecule has 1 amide bonds. The number of amides is 1. The molecule has 1 aromatic carbocycles. The van der Waals surface area contributed by atoms with Gasteiger partial charge in [0.25, 0.3) is 5.91 Å². The fraction of sp³-hybridized carbons (Fsp3) is 0.412. The van der Waals surface area contributed by atoms with Gasteiger partial charge in [-0.3, -0.25) is 4.79 Å². The molecule has 5 nitrogen and oxygen atoms in total. The van der Waals surface area contributed by atoms with Crippen molar-refractivity contribution in [3.63, 3.8) is 0 Å². The third kappa shape index (κ3) is 6.05. The maximum absolute atomic E-state index is 11.9. The lowest BCUT2D eigenvalue weighted by molar-refractivity contribution is -0.117. The highest BCUT2D eigenvalue weighted by molar-refractivity contribution is 9.10. The quantitative estimate of drug-likeness (QED) is 0.434. The average Bonchev–Trinajstić information content (AvgIpc) is 3.06. The lowest BCUT2D eigenvalue weighted by Gasteiger charge is -2.10. The lowest BCUT2D eigenvalue weighted by Crippen LogP contribution is -2.33. The number of ether oxygens (including phenoxy) is 1. The van der Waals surface area contributed by atoms with Crippen molar-refractivity contribution in [1.29, 1.82) is 5.26 Å². The van der Waals surface area contributed by atoms with Crippen LogP contribution in [-0.4, -0.2) is 31.7 Å². The van der Waals surface area contributed by atoms with Gasteiger partial charge in [0.2, 0.25) is 0 Å². The monoisotopic (exact) mass is 377 g/mol. The first kappa shape index (κ1) is 17.5.